The van der Waals surface area contributed by atoms with Crippen molar-refractivity contribution in [2.24, 2.45) is 0 Å². The van der Waals surface area contributed by atoms with Crippen molar-refractivity contribution in [1.29, 1.82) is 0 Å². The first-order valence-corrected chi connectivity index (χ1v) is 10.1. The molecule has 152 valence electrons. The predicted molar refractivity (Wildman–Crippen MR) is 115 cm³/mol. The molecule has 0 aliphatic rings. The summed E-state index contributed by atoms with van der Waals surface area (Å²) >= 11 is 0. The fourth-order valence-electron chi connectivity index (χ4n) is 2.78. The number of anilines is 1. The highest BCUT2D eigenvalue weighted by Gasteiger charge is 2.13. The van der Waals surface area contributed by atoms with Crippen LogP contribution in [0.15, 0.2) is 48.5 Å². The van der Waals surface area contributed by atoms with Gasteiger partial charge < -0.3 is 14.8 Å². The summed E-state index contributed by atoms with van der Waals surface area (Å²) in [6.45, 7) is 9.36. The minimum absolute atomic E-state index is 0.0308. The quantitative estimate of drug-likeness (QED) is 0.515. The van der Waals surface area contributed by atoms with Crippen LogP contribution < -0.4 is 14.8 Å². The SMILES string of the molecule is CCCCCCOc1cccc(NC(=O)COc2ccc(C(C)(C)C)cc2)c1. The number of unbranched alkanes of at least 4 members (excludes halogenated alkanes) is 3. The second-order valence-electron chi connectivity index (χ2n) is 8.05. The largest absolute Gasteiger partial charge is 0.494 e. The van der Waals surface area contributed by atoms with Crippen LogP contribution >= 0.6 is 0 Å². The lowest BCUT2D eigenvalue weighted by Crippen LogP contribution is -2.20. The topological polar surface area (TPSA) is 47.6 Å². The highest BCUT2D eigenvalue weighted by atomic mass is 16.5. The van der Waals surface area contributed by atoms with Crippen molar-refractivity contribution in [2.75, 3.05) is 18.5 Å². The second-order valence-corrected chi connectivity index (χ2v) is 8.05. The Morgan fingerprint density at radius 1 is 0.929 bits per heavy atom. The number of nitrogens with one attached hydrogen (secondary N) is 1. The maximum atomic E-state index is 12.2. The second kappa shape index (κ2) is 10.7. The first kappa shape index (κ1) is 21.8. The van der Waals surface area contributed by atoms with Gasteiger partial charge in [-0.05, 0) is 41.7 Å². The molecule has 0 heterocycles. The molecule has 0 bridgehead atoms. The van der Waals surface area contributed by atoms with Gasteiger partial charge >= 0.3 is 0 Å². The fourth-order valence-corrected chi connectivity index (χ4v) is 2.78. The van der Waals surface area contributed by atoms with Crippen LogP contribution in [0.3, 0.4) is 0 Å². The number of carbonyl (C=O) groups excluding carboxylic acids is 1. The minimum Gasteiger partial charge on any atom is -0.494 e. The summed E-state index contributed by atoms with van der Waals surface area (Å²) in [6, 6.07) is 15.4. The molecule has 0 fully saturated rings. The fraction of sp³-hybridized carbons (Fsp3) is 0.458. The van der Waals surface area contributed by atoms with E-state index in [1.165, 1.54) is 24.8 Å². The summed E-state index contributed by atoms with van der Waals surface area (Å²) in [5.41, 5.74) is 2.04. The third-order valence-electron chi connectivity index (χ3n) is 4.47. The molecule has 0 radical (unpaired) electrons. The summed E-state index contributed by atoms with van der Waals surface area (Å²) in [7, 11) is 0. The molecule has 28 heavy (non-hydrogen) atoms. The van der Waals surface area contributed by atoms with E-state index in [0.717, 1.165) is 12.2 Å². The predicted octanol–water partition coefficient (Wildman–Crippen LogP) is 5.96. The third-order valence-corrected chi connectivity index (χ3v) is 4.47. The van der Waals surface area contributed by atoms with E-state index in [1.807, 2.05) is 48.5 Å². The third kappa shape index (κ3) is 7.63. The summed E-state index contributed by atoms with van der Waals surface area (Å²) in [4.78, 5) is 12.2. The number of benzene rings is 2. The molecule has 0 saturated carbocycles. The van der Waals surface area contributed by atoms with E-state index in [4.69, 9.17) is 9.47 Å². The van der Waals surface area contributed by atoms with Crippen LogP contribution in [0.25, 0.3) is 0 Å². The average molecular weight is 384 g/mol. The molecule has 0 saturated heterocycles. The molecule has 2 rings (SSSR count). The molecule has 4 heteroatoms. The number of amides is 1. The lowest BCUT2D eigenvalue weighted by Gasteiger charge is -2.19. The molecule has 0 unspecified atom stereocenters. The van der Waals surface area contributed by atoms with Crippen LogP contribution in [0.5, 0.6) is 11.5 Å². The normalized spacial score (nSPS) is 11.1. The monoisotopic (exact) mass is 383 g/mol. The van der Waals surface area contributed by atoms with Crippen molar-refractivity contribution in [1.82, 2.24) is 0 Å². The van der Waals surface area contributed by atoms with Crippen molar-refractivity contribution in [3.63, 3.8) is 0 Å². The maximum Gasteiger partial charge on any atom is 0.262 e. The summed E-state index contributed by atoms with van der Waals surface area (Å²) < 4.78 is 11.4. The average Bonchev–Trinajstić information content (AvgIpc) is 2.66. The smallest absolute Gasteiger partial charge is 0.262 e. The standard InChI is InChI=1S/C24H33NO3/c1-5-6-7-8-16-27-22-11-9-10-20(17-22)25-23(26)18-28-21-14-12-19(13-15-21)24(2,3)4/h9-15,17H,5-8,16,18H2,1-4H3,(H,25,26). The zero-order valence-corrected chi connectivity index (χ0v) is 17.6. The molecule has 0 aromatic heterocycles. The van der Waals surface area contributed by atoms with Gasteiger partial charge in [-0.2, -0.15) is 0 Å². The van der Waals surface area contributed by atoms with Gasteiger partial charge in [0.25, 0.3) is 5.91 Å². The van der Waals surface area contributed by atoms with Crippen LogP contribution in [0.1, 0.15) is 58.9 Å². The van der Waals surface area contributed by atoms with E-state index in [0.29, 0.717) is 18.0 Å². The molecule has 0 aliphatic carbocycles. The van der Waals surface area contributed by atoms with Gasteiger partial charge in [-0.3, -0.25) is 4.79 Å². The highest BCUT2D eigenvalue weighted by Crippen LogP contribution is 2.24. The molecule has 2 aromatic rings. The van der Waals surface area contributed by atoms with E-state index >= 15 is 0 Å². The first-order valence-electron chi connectivity index (χ1n) is 10.1. The summed E-state index contributed by atoms with van der Waals surface area (Å²) in [5.74, 6) is 1.26. The lowest BCUT2D eigenvalue weighted by atomic mass is 9.87. The van der Waals surface area contributed by atoms with Crippen molar-refractivity contribution < 1.29 is 14.3 Å². The van der Waals surface area contributed by atoms with Crippen LogP contribution in [-0.4, -0.2) is 19.1 Å². The molecular formula is C24H33NO3. The van der Waals surface area contributed by atoms with Gasteiger partial charge in [0.2, 0.25) is 0 Å². The van der Waals surface area contributed by atoms with Crippen LogP contribution in [0, 0.1) is 0 Å². The number of carbonyl (C=O) groups is 1. The molecule has 1 N–H and O–H groups in total. The molecule has 1 amide bonds. The van der Waals surface area contributed by atoms with Crippen LogP contribution in [-0.2, 0) is 10.2 Å². The molecule has 0 atom stereocenters. The highest BCUT2D eigenvalue weighted by molar-refractivity contribution is 5.92. The Morgan fingerprint density at radius 2 is 1.68 bits per heavy atom. The Kier molecular flexibility index (Phi) is 8.37. The van der Waals surface area contributed by atoms with E-state index in [2.05, 4.69) is 33.0 Å². The van der Waals surface area contributed by atoms with Gasteiger partial charge in [-0.25, -0.2) is 0 Å². The van der Waals surface area contributed by atoms with E-state index in [9.17, 15) is 4.79 Å². The molecular weight excluding hydrogens is 350 g/mol. The molecule has 4 nitrogen and oxygen atoms in total. The Labute approximate surface area is 169 Å². The number of hydrogen-bond acceptors (Lipinski definition) is 3. The Bertz CT molecular complexity index is 732. The van der Waals surface area contributed by atoms with Gasteiger partial charge in [-0.15, -0.1) is 0 Å². The first-order chi connectivity index (χ1) is 13.4. The minimum atomic E-state index is -0.194. The van der Waals surface area contributed by atoms with E-state index in [-0.39, 0.29) is 17.9 Å². The molecule has 2 aromatic carbocycles. The van der Waals surface area contributed by atoms with E-state index < -0.39 is 0 Å². The number of hydrogen-bond donors (Lipinski definition) is 1. The van der Waals surface area contributed by atoms with Crippen LogP contribution in [0.2, 0.25) is 0 Å². The zero-order chi connectivity index (χ0) is 20.4. The lowest BCUT2D eigenvalue weighted by molar-refractivity contribution is -0.118. The van der Waals surface area contributed by atoms with Gasteiger partial charge in [0, 0.05) is 11.8 Å². The van der Waals surface area contributed by atoms with Crippen molar-refractivity contribution >= 4 is 11.6 Å². The van der Waals surface area contributed by atoms with Gasteiger partial charge in [0.15, 0.2) is 6.61 Å². The van der Waals surface area contributed by atoms with Gasteiger partial charge in [0.1, 0.15) is 11.5 Å². The van der Waals surface area contributed by atoms with Gasteiger partial charge in [-0.1, -0.05) is 65.2 Å². The molecule has 0 aliphatic heterocycles. The Morgan fingerprint density at radius 3 is 2.36 bits per heavy atom. The van der Waals surface area contributed by atoms with Crippen molar-refractivity contribution in [3.8, 4) is 11.5 Å². The van der Waals surface area contributed by atoms with Crippen molar-refractivity contribution in [2.45, 2.75) is 58.8 Å². The summed E-state index contributed by atoms with van der Waals surface area (Å²) in [5, 5.41) is 2.85. The maximum absolute atomic E-state index is 12.2. The van der Waals surface area contributed by atoms with Crippen molar-refractivity contribution in [3.05, 3.63) is 54.1 Å². The van der Waals surface area contributed by atoms with Gasteiger partial charge in [0.05, 0.1) is 6.61 Å². The Hall–Kier alpha value is -2.49. The number of ether oxygens (including phenoxy) is 2. The summed E-state index contributed by atoms with van der Waals surface area (Å²) in [6.07, 6.45) is 4.68. The van der Waals surface area contributed by atoms with E-state index in [1.54, 1.807) is 0 Å². The number of rotatable bonds is 10. The zero-order valence-electron chi connectivity index (χ0n) is 17.6. The molecule has 0 spiro atoms. The van der Waals surface area contributed by atoms with Crippen LogP contribution in [0.4, 0.5) is 5.69 Å². The Balaban J connectivity index is 1.78.